The number of fused-ring (bicyclic) bond motifs is 1. The van der Waals surface area contributed by atoms with E-state index in [1.165, 1.54) is 37.3 Å². The second-order valence-corrected chi connectivity index (χ2v) is 5.80. The molecular weight excluding hydrogens is 270 g/mol. The number of benzene rings is 1. The number of piperidine rings is 1. The van der Waals surface area contributed by atoms with Crippen LogP contribution in [-0.2, 0) is 4.74 Å². The zero-order valence-electron chi connectivity index (χ0n) is 12.4. The van der Waals surface area contributed by atoms with Gasteiger partial charge in [0.2, 0.25) is 6.79 Å². The molecule has 0 radical (unpaired) electrons. The molecule has 2 aliphatic heterocycles. The molecule has 5 nitrogen and oxygen atoms in total. The summed E-state index contributed by atoms with van der Waals surface area (Å²) in [5.41, 5.74) is 0.514. The minimum atomic E-state index is -0.294. The van der Waals surface area contributed by atoms with Gasteiger partial charge < -0.3 is 19.1 Å². The second kappa shape index (κ2) is 6.35. The van der Waals surface area contributed by atoms with Gasteiger partial charge in [-0.3, -0.25) is 0 Å². The van der Waals surface area contributed by atoms with Crippen molar-refractivity contribution in [1.82, 2.24) is 0 Å². The lowest BCUT2D eigenvalue weighted by atomic mass is 10.1. The molecule has 0 unspecified atom stereocenters. The van der Waals surface area contributed by atoms with Gasteiger partial charge in [0, 0.05) is 0 Å². The maximum absolute atomic E-state index is 12.2. The van der Waals surface area contributed by atoms with E-state index in [4.69, 9.17) is 14.2 Å². The fourth-order valence-corrected chi connectivity index (χ4v) is 2.98. The van der Waals surface area contributed by atoms with Gasteiger partial charge >= 0.3 is 5.97 Å². The van der Waals surface area contributed by atoms with Crippen molar-refractivity contribution in [2.24, 2.45) is 0 Å². The molecular formula is C16H22NO4+. The van der Waals surface area contributed by atoms with E-state index in [2.05, 4.69) is 0 Å². The van der Waals surface area contributed by atoms with E-state index < -0.39 is 0 Å². The number of esters is 1. The van der Waals surface area contributed by atoms with Crippen LogP contribution in [0.15, 0.2) is 18.2 Å². The van der Waals surface area contributed by atoms with Crippen LogP contribution in [0.4, 0.5) is 0 Å². The zero-order chi connectivity index (χ0) is 14.7. The van der Waals surface area contributed by atoms with E-state index in [1.807, 2.05) is 6.92 Å². The number of hydrogen-bond donors (Lipinski definition) is 1. The topological polar surface area (TPSA) is 49.2 Å². The Kier molecular flexibility index (Phi) is 4.29. The van der Waals surface area contributed by atoms with Crippen LogP contribution in [0, 0.1) is 0 Å². The molecule has 21 heavy (non-hydrogen) atoms. The van der Waals surface area contributed by atoms with Gasteiger partial charge in [-0.25, -0.2) is 4.79 Å². The lowest BCUT2D eigenvalue weighted by molar-refractivity contribution is -0.907. The Hall–Kier alpha value is -1.75. The summed E-state index contributed by atoms with van der Waals surface area (Å²) < 4.78 is 16.1. The fourth-order valence-electron chi connectivity index (χ4n) is 2.98. The van der Waals surface area contributed by atoms with Crippen molar-refractivity contribution in [2.75, 3.05) is 26.4 Å². The summed E-state index contributed by atoms with van der Waals surface area (Å²) in [5.74, 6) is 0.994. The molecule has 114 valence electrons. The molecule has 1 N–H and O–H groups in total. The van der Waals surface area contributed by atoms with Gasteiger partial charge in [0.25, 0.3) is 0 Å². The third-order valence-electron chi connectivity index (χ3n) is 4.05. The summed E-state index contributed by atoms with van der Waals surface area (Å²) in [4.78, 5) is 13.7. The highest BCUT2D eigenvalue weighted by atomic mass is 16.7. The zero-order valence-corrected chi connectivity index (χ0v) is 12.4. The average molecular weight is 292 g/mol. The van der Waals surface area contributed by atoms with Gasteiger partial charge in [0.15, 0.2) is 11.5 Å². The number of hydrogen-bond acceptors (Lipinski definition) is 4. The number of carbonyl (C=O) groups excluding carboxylic acids is 1. The Morgan fingerprint density at radius 1 is 1.24 bits per heavy atom. The standard InChI is InChI=1S/C16H21NO4/c1-12(10-17-7-3-2-4-8-17)21-16(18)13-5-6-14-15(9-13)20-11-19-14/h5-6,9,12H,2-4,7-8,10-11H2,1H3/p+1/t12-/m0/s1. The Morgan fingerprint density at radius 2 is 2.00 bits per heavy atom. The minimum absolute atomic E-state index is 0.0731. The number of quaternary nitrogens is 1. The van der Waals surface area contributed by atoms with Gasteiger partial charge in [-0.1, -0.05) is 0 Å². The number of carbonyl (C=O) groups is 1. The number of ether oxygens (including phenoxy) is 3. The van der Waals surface area contributed by atoms with Gasteiger partial charge in [-0.15, -0.1) is 0 Å². The van der Waals surface area contributed by atoms with Crippen LogP contribution >= 0.6 is 0 Å². The predicted octanol–water partition coefficient (Wildman–Crippen LogP) is 1.03. The van der Waals surface area contributed by atoms with E-state index in [9.17, 15) is 4.79 Å². The van der Waals surface area contributed by atoms with Crippen LogP contribution in [-0.4, -0.2) is 38.5 Å². The second-order valence-electron chi connectivity index (χ2n) is 5.80. The predicted molar refractivity (Wildman–Crippen MR) is 76.9 cm³/mol. The minimum Gasteiger partial charge on any atom is -0.454 e. The van der Waals surface area contributed by atoms with Crippen molar-refractivity contribution < 1.29 is 23.9 Å². The molecule has 5 heteroatoms. The molecule has 1 saturated heterocycles. The smallest absolute Gasteiger partial charge is 0.338 e. The Labute approximate surface area is 124 Å². The van der Waals surface area contributed by atoms with Gasteiger partial charge in [0.05, 0.1) is 18.7 Å². The molecule has 0 aliphatic carbocycles. The Bertz CT molecular complexity index is 511. The number of nitrogens with one attached hydrogen (secondary N) is 1. The summed E-state index contributed by atoms with van der Waals surface area (Å²) in [6.45, 7) is 5.43. The van der Waals surface area contributed by atoms with Gasteiger partial charge in [-0.2, -0.15) is 0 Å². The summed E-state index contributed by atoms with van der Waals surface area (Å²) in [5, 5.41) is 0. The monoisotopic (exact) mass is 292 g/mol. The third kappa shape index (κ3) is 3.47. The molecule has 0 saturated carbocycles. The van der Waals surface area contributed by atoms with Crippen molar-refractivity contribution >= 4 is 5.97 Å². The molecule has 0 amide bonds. The van der Waals surface area contributed by atoms with Gasteiger partial charge in [-0.05, 0) is 44.4 Å². The van der Waals surface area contributed by atoms with Gasteiger partial charge in [0.1, 0.15) is 12.6 Å². The van der Waals surface area contributed by atoms with Crippen LogP contribution in [0.1, 0.15) is 36.5 Å². The lowest BCUT2D eigenvalue weighted by Crippen LogP contribution is -3.13. The highest BCUT2D eigenvalue weighted by Crippen LogP contribution is 2.32. The van der Waals surface area contributed by atoms with E-state index in [0.29, 0.717) is 17.1 Å². The van der Waals surface area contributed by atoms with Crippen molar-refractivity contribution in [1.29, 1.82) is 0 Å². The van der Waals surface area contributed by atoms with E-state index in [1.54, 1.807) is 18.2 Å². The Morgan fingerprint density at radius 3 is 2.81 bits per heavy atom. The molecule has 0 spiro atoms. The SMILES string of the molecule is C[C@@H](C[NH+]1CCCCC1)OC(=O)c1ccc2c(c1)OCO2. The molecule has 1 fully saturated rings. The summed E-state index contributed by atoms with van der Waals surface area (Å²) >= 11 is 0. The van der Waals surface area contributed by atoms with Crippen LogP contribution in [0.2, 0.25) is 0 Å². The van der Waals surface area contributed by atoms with Crippen molar-refractivity contribution in [3.8, 4) is 11.5 Å². The van der Waals surface area contributed by atoms with E-state index in [0.717, 1.165) is 6.54 Å². The molecule has 2 heterocycles. The average Bonchev–Trinajstić information content (AvgIpc) is 2.95. The summed E-state index contributed by atoms with van der Waals surface area (Å²) in [7, 11) is 0. The lowest BCUT2D eigenvalue weighted by Gasteiger charge is -2.26. The summed E-state index contributed by atoms with van der Waals surface area (Å²) in [6, 6.07) is 5.15. The number of likely N-dealkylation sites (tertiary alicyclic amines) is 1. The highest BCUT2D eigenvalue weighted by Gasteiger charge is 2.21. The molecule has 0 bridgehead atoms. The highest BCUT2D eigenvalue weighted by molar-refractivity contribution is 5.90. The first-order valence-electron chi connectivity index (χ1n) is 7.66. The van der Waals surface area contributed by atoms with Crippen LogP contribution in [0.5, 0.6) is 11.5 Å². The maximum Gasteiger partial charge on any atom is 0.338 e. The van der Waals surface area contributed by atoms with Crippen LogP contribution in [0.3, 0.4) is 0 Å². The van der Waals surface area contributed by atoms with Crippen molar-refractivity contribution in [3.63, 3.8) is 0 Å². The van der Waals surface area contributed by atoms with Crippen molar-refractivity contribution in [3.05, 3.63) is 23.8 Å². The van der Waals surface area contributed by atoms with Crippen LogP contribution < -0.4 is 14.4 Å². The van der Waals surface area contributed by atoms with Crippen molar-refractivity contribution in [2.45, 2.75) is 32.3 Å². The molecule has 0 aromatic heterocycles. The van der Waals surface area contributed by atoms with Crippen LogP contribution in [0.25, 0.3) is 0 Å². The maximum atomic E-state index is 12.2. The molecule has 1 atom stereocenters. The number of rotatable bonds is 4. The third-order valence-corrected chi connectivity index (χ3v) is 4.05. The molecule has 2 aliphatic rings. The largest absolute Gasteiger partial charge is 0.454 e. The molecule has 1 aromatic rings. The first kappa shape index (κ1) is 14.2. The molecule has 3 rings (SSSR count). The first-order valence-corrected chi connectivity index (χ1v) is 7.66. The van der Waals surface area contributed by atoms with E-state index >= 15 is 0 Å². The summed E-state index contributed by atoms with van der Waals surface area (Å²) in [6.07, 6.45) is 3.81. The fraction of sp³-hybridized carbons (Fsp3) is 0.562. The van der Waals surface area contributed by atoms with E-state index in [-0.39, 0.29) is 18.9 Å². The molecule has 1 aromatic carbocycles. The normalized spacial score (nSPS) is 19.3. The quantitative estimate of drug-likeness (QED) is 0.842. The Balaban J connectivity index is 1.55. The first-order chi connectivity index (χ1) is 10.2.